The first-order valence-electron chi connectivity index (χ1n) is 8.01. The highest BCUT2D eigenvalue weighted by molar-refractivity contribution is 6.13. The number of ether oxygens (including phenoxy) is 1. The summed E-state index contributed by atoms with van der Waals surface area (Å²) in [6, 6.07) is 14.3. The number of guanidine groups is 1. The number of rotatable bonds is 3. The average Bonchev–Trinajstić information content (AvgIpc) is 2.97. The molecule has 0 spiro atoms. The lowest BCUT2D eigenvalue weighted by molar-refractivity contribution is -0.115. The number of nitrogens with zero attached hydrogens (tertiary/aromatic N) is 3. The third-order valence-corrected chi connectivity index (χ3v) is 4.53. The van der Waals surface area contributed by atoms with Crippen LogP contribution in [0.5, 0.6) is 5.75 Å². The minimum Gasteiger partial charge on any atom is -0.497 e. The van der Waals surface area contributed by atoms with Crippen LogP contribution < -0.4 is 9.64 Å². The highest BCUT2D eigenvalue weighted by Gasteiger charge is 2.35. The molecule has 0 radical (unpaired) electrons. The molecule has 0 fully saturated rings. The number of para-hydroxylation sites is 1. The summed E-state index contributed by atoms with van der Waals surface area (Å²) in [6.07, 6.45) is 0. The van der Waals surface area contributed by atoms with Crippen molar-refractivity contribution in [1.82, 2.24) is 4.90 Å². The van der Waals surface area contributed by atoms with E-state index in [1.54, 1.807) is 7.11 Å². The van der Waals surface area contributed by atoms with Gasteiger partial charge in [-0.3, -0.25) is 4.79 Å². The third kappa shape index (κ3) is 2.42. The number of anilines is 1. The molecule has 0 unspecified atom stereocenters. The summed E-state index contributed by atoms with van der Waals surface area (Å²) in [7, 11) is 1.66. The zero-order valence-corrected chi connectivity index (χ0v) is 13.8. The second-order valence-corrected chi connectivity index (χ2v) is 6.18. The maximum absolute atomic E-state index is 11.9. The van der Waals surface area contributed by atoms with Crippen molar-refractivity contribution < 1.29 is 9.53 Å². The molecule has 0 bridgehead atoms. The second kappa shape index (κ2) is 5.67. The Hall–Kier alpha value is -2.82. The van der Waals surface area contributed by atoms with Gasteiger partial charge in [0, 0.05) is 13.1 Å². The van der Waals surface area contributed by atoms with E-state index in [1.807, 2.05) is 29.2 Å². The molecule has 2 aromatic rings. The maximum atomic E-state index is 11.9. The van der Waals surface area contributed by atoms with E-state index in [4.69, 9.17) is 4.74 Å². The summed E-state index contributed by atoms with van der Waals surface area (Å²) in [5, 5.41) is 0. The molecule has 2 aliphatic heterocycles. The topological polar surface area (TPSA) is 45.1 Å². The fourth-order valence-electron chi connectivity index (χ4n) is 3.42. The molecule has 2 aliphatic rings. The van der Waals surface area contributed by atoms with Gasteiger partial charge in [0.15, 0.2) is 0 Å². The van der Waals surface area contributed by atoms with Crippen molar-refractivity contribution in [3.8, 4) is 5.75 Å². The molecule has 5 nitrogen and oxygen atoms in total. The minimum atomic E-state index is -0.0826. The standard InChI is InChI=1S/C19H19N3O2/c1-13-4-3-5-15-11-21(10-14-6-8-16(24-2)9-7-14)19-20-17(23)12-22(19)18(13)15/h3-9H,10-12H2,1-2H3. The van der Waals surface area contributed by atoms with Gasteiger partial charge in [0.1, 0.15) is 12.3 Å². The third-order valence-electron chi connectivity index (χ3n) is 4.53. The molecule has 0 saturated carbocycles. The zero-order chi connectivity index (χ0) is 16.7. The maximum Gasteiger partial charge on any atom is 0.268 e. The molecular formula is C19H19N3O2. The van der Waals surface area contributed by atoms with Crippen LogP contribution >= 0.6 is 0 Å². The molecule has 0 N–H and O–H groups in total. The van der Waals surface area contributed by atoms with Gasteiger partial charge in [-0.1, -0.05) is 30.3 Å². The lowest BCUT2D eigenvalue weighted by atomic mass is 10.0. The second-order valence-electron chi connectivity index (χ2n) is 6.18. The Morgan fingerprint density at radius 2 is 1.92 bits per heavy atom. The Morgan fingerprint density at radius 3 is 2.67 bits per heavy atom. The molecule has 24 heavy (non-hydrogen) atoms. The lowest BCUT2D eigenvalue weighted by Crippen LogP contribution is -2.46. The van der Waals surface area contributed by atoms with E-state index in [-0.39, 0.29) is 5.91 Å². The van der Waals surface area contributed by atoms with Gasteiger partial charge in [0.05, 0.1) is 12.8 Å². The van der Waals surface area contributed by atoms with Crippen LogP contribution in [0.25, 0.3) is 0 Å². The predicted molar refractivity (Wildman–Crippen MR) is 93.2 cm³/mol. The van der Waals surface area contributed by atoms with Crippen LogP contribution in [-0.4, -0.2) is 30.4 Å². The van der Waals surface area contributed by atoms with Gasteiger partial charge in [0.2, 0.25) is 5.96 Å². The minimum absolute atomic E-state index is 0.0826. The molecule has 0 aliphatic carbocycles. The van der Waals surface area contributed by atoms with Gasteiger partial charge in [-0.25, -0.2) is 0 Å². The summed E-state index contributed by atoms with van der Waals surface area (Å²) < 4.78 is 5.21. The Kier molecular flexibility index (Phi) is 3.49. The van der Waals surface area contributed by atoms with Crippen molar-refractivity contribution >= 4 is 17.6 Å². The van der Waals surface area contributed by atoms with Crippen molar-refractivity contribution in [3.05, 3.63) is 59.2 Å². The van der Waals surface area contributed by atoms with Crippen LogP contribution in [0.2, 0.25) is 0 Å². The van der Waals surface area contributed by atoms with Crippen molar-refractivity contribution in [1.29, 1.82) is 0 Å². The zero-order valence-electron chi connectivity index (χ0n) is 13.8. The molecule has 1 amide bonds. The van der Waals surface area contributed by atoms with Crippen molar-refractivity contribution in [2.75, 3.05) is 18.6 Å². The smallest absolute Gasteiger partial charge is 0.268 e. The van der Waals surface area contributed by atoms with Crippen LogP contribution in [0.1, 0.15) is 16.7 Å². The molecular weight excluding hydrogens is 302 g/mol. The number of carbonyl (C=O) groups is 1. The SMILES string of the molecule is COc1ccc(CN2Cc3cccc(C)c3N3CC(=O)N=C23)cc1. The Labute approximate surface area is 141 Å². The summed E-state index contributed by atoms with van der Waals surface area (Å²) in [5.74, 6) is 1.52. The predicted octanol–water partition coefficient (Wildman–Crippen LogP) is 2.72. The molecule has 2 heterocycles. The molecule has 2 aromatic carbocycles. The molecule has 0 saturated heterocycles. The van der Waals surface area contributed by atoms with Gasteiger partial charge < -0.3 is 14.5 Å². The monoisotopic (exact) mass is 321 g/mol. The van der Waals surface area contributed by atoms with E-state index in [0.29, 0.717) is 13.1 Å². The van der Waals surface area contributed by atoms with Gasteiger partial charge >= 0.3 is 0 Å². The summed E-state index contributed by atoms with van der Waals surface area (Å²) in [4.78, 5) is 20.4. The largest absolute Gasteiger partial charge is 0.497 e. The molecule has 122 valence electrons. The van der Waals surface area contributed by atoms with Crippen molar-refractivity contribution in [3.63, 3.8) is 0 Å². The summed E-state index contributed by atoms with van der Waals surface area (Å²) >= 11 is 0. The van der Waals surface area contributed by atoms with E-state index >= 15 is 0 Å². The van der Waals surface area contributed by atoms with Crippen LogP contribution in [0.3, 0.4) is 0 Å². The number of carbonyl (C=O) groups excluding carboxylic acids is 1. The van der Waals surface area contributed by atoms with Crippen LogP contribution in [0.4, 0.5) is 5.69 Å². The number of hydrogen-bond acceptors (Lipinski definition) is 4. The fourth-order valence-corrected chi connectivity index (χ4v) is 3.42. The number of methoxy groups -OCH3 is 1. The van der Waals surface area contributed by atoms with Crippen LogP contribution in [0.15, 0.2) is 47.5 Å². The van der Waals surface area contributed by atoms with Gasteiger partial charge in [0.25, 0.3) is 5.91 Å². The normalized spacial score (nSPS) is 15.9. The Bertz CT molecular complexity index is 827. The molecule has 0 aromatic heterocycles. The number of amides is 1. The van der Waals surface area contributed by atoms with Crippen molar-refractivity contribution in [2.24, 2.45) is 4.99 Å². The molecule has 0 atom stereocenters. The number of aliphatic imine (C=N–C) groups is 1. The Balaban J connectivity index is 1.68. The van der Waals surface area contributed by atoms with E-state index in [9.17, 15) is 4.79 Å². The summed E-state index contributed by atoms with van der Waals surface area (Å²) in [6.45, 7) is 3.87. The number of fused-ring (bicyclic) bond motifs is 3. The lowest BCUT2D eigenvalue weighted by Gasteiger charge is -2.37. The van der Waals surface area contributed by atoms with Crippen LogP contribution in [-0.2, 0) is 17.9 Å². The first-order chi connectivity index (χ1) is 11.7. The molecule has 5 heteroatoms. The highest BCUT2D eigenvalue weighted by Crippen LogP contribution is 2.34. The van der Waals surface area contributed by atoms with Gasteiger partial charge in [-0.05, 0) is 35.7 Å². The van der Waals surface area contributed by atoms with E-state index < -0.39 is 0 Å². The average molecular weight is 321 g/mol. The Morgan fingerprint density at radius 1 is 1.12 bits per heavy atom. The van der Waals surface area contributed by atoms with Crippen molar-refractivity contribution in [2.45, 2.75) is 20.0 Å². The first kappa shape index (κ1) is 14.8. The number of aryl methyl sites for hydroxylation is 1. The fraction of sp³-hybridized carbons (Fsp3) is 0.263. The molecule has 4 rings (SSSR count). The quantitative estimate of drug-likeness (QED) is 0.872. The van der Waals surface area contributed by atoms with Gasteiger partial charge in [-0.15, -0.1) is 0 Å². The van der Waals surface area contributed by atoms with Crippen LogP contribution in [0, 0.1) is 6.92 Å². The van der Waals surface area contributed by atoms with E-state index in [1.165, 1.54) is 11.1 Å². The van der Waals surface area contributed by atoms with E-state index in [0.717, 1.165) is 29.5 Å². The number of hydrogen-bond donors (Lipinski definition) is 0. The highest BCUT2D eigenvalue weighted by atomic mass is 16.5. The first-order valence-corrected chi connectivity index (χ1v) is 8.01. The van der Waals surface area contributed by atoms with Gasteiger partial charge in [-0.2, -0.15) is 4.99 Å². The summed E-state index contributed by atoms with van der Waals surface area (Å²) in [5.41, 5.74) is 4.71. The number of benzene rings is 2. The van der Waals surface area contributed by atoms with E-state index in [2.05, 4.69) is 35.0 Å².